The molecule has 25 heavy (non-hydrogen) atoms. The van der Waals surface area contributed by atoms with Crippen LogP contribution in [0.2, 0.25) is 10.0 Å². The SMILES string of the molecule is O=S(=O)(Nc1cc(Cl)ccc1N1CCOCC1)c1ccc(Cl)cc1F. The Labute approximate surface area is 155 Å². The molecule has 1 heterocycles. The van der Waals surface area contributed by atoms with Crippen molar-refractivity contribution in [2.75, 3.05) is 35.9 Å². The van der Waals surface area contributed by atoms with Crippen molar-refractivity contribution in [1.29, 1.82) is 0 Å². The fourth-order valence-electron chi connectivity index (χ4n) is 2.56. The lowest BCUT2D eigenvalue weighted by molar-refractivity contribution is 0.123. The summed E-state index contributed by atoms with van der Waals surface area (Å²) >= 11 is 11.7. The van der Waals surface area contributed by atoms with Gasteiger partial charge in [0, 0.05) is 23.1 Å². The number of anilines is 2. The van der Waals surface area contributed by atoms with E-state index in [1.165, 1.54) is 12.1 Å². The van der Waals surface area contributed by atoms with E-state index in [9.17, 15) is 12.8 Å². The van der Waals surface area contributed by atoms with Gasteiger partial charge < -0.3 is 9.64 Å². The van der Waals surface area contributed by atoms with Crippen molar-refractivity contribution in [1.82, 2.24) is 0 Å². The summed E-state index contributed by atoms with van der Waals surface area (Å²) < 4.78 is 47.0. The van der Waals surface area contributed by atoms with E-state index < -0.39 is 20.7 Å². The van der Waals surface area contributed by atoms with Crippen LogP contribution < -0.4 is 9.62 Å². The smallest absolute Gasteiger partial charge is 0.264 e. The zero-order valence-corrected chi connectivity index (χ0v) is 15.3. The molecule has 134 valence electrons. The summed E-state index contributed by atoms with van der Waals surface area (Å²) in [5.74, 6) is -0.921. The molecule has 0 aliphatic carbocycles. The number of ether oxygens (including phenoxy) is 1. The monoisotopic (exact) mass is 404 g/mol. The molecule has 1 fully saturated rings. The molecular formula is C16H15Cl2FN2O3S. The maximum atomic E-state index is 14.0. The number of halogens is 3. The Bertz CT molecular complexity index is 887. The Kier molecular flexibility index (Phi) is 5.38. The minimum absolute atomic E-state index is 0.119. The lowest BCUT2D eigenvalue weighted by Crippen LogP contribution is -2.36. The van der Waals surface area contributed by atoms with Crippen LogP contribution in [-0.4, -0.2) is 34.7 Å². The van der Waals surface area contributed by atoms with Crippen molar-refractivity contribution in [3.63, 3.8) is 0 Å². The molecule has 9 heteroatoms. The third-order valence-corrected chi connectivity index (χ3v) is 5.61. The second kappa shape index (κ2) is 7.37. The normalized spacial score (nSPS) is 15.2. The van der Waals surface area contributed by atoms with Gasteiger partial charge in [-0.1, -0.05) is 23.2 Å². The molecule has 2 aromatic rings. The van der Waals surface area contributed by atoms with Gasteiger partial charge in [-0.25, -0.2) is 12.8 Å². The van der Waals surface area contributed by atoms with E-state index in [0.29, 0.717) is 37.0 Å². The fraction of sp³-hybridized carbons (Fsp3) is 0.250. The third-order valence-electron chi connectivity index (χ3n) is 3.74. The van der Waals surface area contributed by atoms with Crippen molar-refractivity contribution < 1.29 is 17.5 Å². The molecule has 0 amide bonds. The summed E-state index contributed by atoms with van der Waals surface area (Å²) in [6.45, 7) is 2.32. The molecule has 0 bridgehead atoms. The molecule has 0 unspecified atom stereocenters. The van der Waals surface area contributed by atoms with Crippen LogP contribution in [0.5, 0.6) is 0 Å². The molecule has 5 nitrogen and oxygen atoms in total. The standard InChI is InChI=1S/C16H15Cl2FN2O3S/c17-11-2-4-16(13(19)9-11)25(22,23)20-14-10-12(18)1-3-15(14)21-5-7-24-8-6-21/h1-4,9-10,20H,5-8H2. The van der Waals surface area contributed by atoms with E-state index >= 15 is 0 Å². The largest absolute Gasteiger partial charge is 0.378 e. The van der Waals surface area contributed by atoms with Gasteiger partial charge in [0.2, 0.25) is 0 Å². The molecule has 1 N–H and O–H groups in total. The van der Waals surface area contributed by atoms with Crippen LogP contribution in [0.4, 0.5) is 15.8 Å². The van der Waals surface area contributed by atoms with Gasteiger partial charge in [0.1, 0.15) is 10.7 Å². The molecule has 3 rings (SSSR count). The minimum atomic E-state index is -4.14. The van der Waals surface area contributed by atoms with E-state index in [-0.39, 0.29) is 10.7 Å². The Morgan fingerprint density at radius 1 is 1.04 bits per heavy atom. The summed E-state index contributed by atoms with van der Waals surface area (Å²) in [7, 11) is -4.14. The average Bonchev–Trinajstić information content (AvgIpc) is 2.55. The molecule has 0 spiro atoms. The highest BCUT2D eigenvalue weighted by atomic mass is 35.5. The molecule has 0 aromatic heterocycles. The third kappa shape index (κ3) is 4.17. The molecule has 2 aromatic carbocycles. The van der Waals surface area contributed by atoms with Crippen molar-refractivity contribution in [2.24, 2.45) is 0 Å². The summed E-state index contributed by atoms with van der Waals surface area (Å²) in [5, 5.41) is 0.486. The predicted octanol–water partition coefficient (Wildman–Crippen LogP) is 3.77. The first kappa shape index (κ1) is 18.3. The van der Waals surface area contributed by atoms with Gasteiger partial charge in [-0.2, -0.15) is 0 Å². The zero-order chi connectivity index (χ0) is 18.0. The fourth-order valence-corrected chi connectivity index (χ4v) is 4.02. The summed E-state index contributed by atoms with van der Waals surface area (Å²) in [6, 6.07) is 8.30. The van der Waals surface area contributed by atoms with E-state index in [2.05, 4.69) is 4.72 Å². The number of morpholine rings is 1. The van der Waals surface area contributed by atoms with Crippen LogP contribution in [0, 0.1) is 5.82 Å². The van der Waals surface area contributed by atoms with Crippen molar-refractivity contribution in [3.05, 3.63) is 52.3 Å². The summed E-state index contributed by atoms with van der Waals surface area (Å²) in [4.78, 5) is 1.50. The van der Waals surface area contributed by atoms with E-state index in [1.54, 1.807) is 12.1 Å². The number of hydrogen-bond donors (Lipinski definition) is 1. The van der Waals surface area contributed by atoms with Crippen LogP contribution in [0.25, 0.3) is 0 Å². The van der Waals surface area contributed by atoms with E-state index in [1.807, 2.05) is 4.90 Å². The molecule has 1 aliphatic rings. The predicted molar refractivity (Wildman–Crippen MR) is 96.7 cm³/mol. The van der Waals surface area contributed by atoms with Gasteiger partial charge >= 0.3 is 0 Å². The van der Waals surface area contributed by atoms with Crippen molar-refractivity contribution >= 4 is 44.6 Å². The number of rotatable bonds is 4. The highest BCUT2D eigenvalue weighted by molar-refractivity contribution is 7.92. The van der Waals surface area contributed by atoms with Crippen LogP contribution >= 0.6 is 23.2 Å². The van der Waals surface area contributed by atoms with Gasteiger partial charge in [0.05, 0.1) is 24.6 Å². The first-order valence-electron chi connectivity index (χ1n) is 7.47. The van der Waals surface area contributed by atoms with Gasteiger partial charge in [-0.05, 0) is 36.4 Å². The van der Waals surface area contributed by atoms with Crippen LogP contribution in [0.1, 0.15) is 0 Å². The zero-order valence-electron chi connectivity index (χ0n) is 13.0. The Morgan fingerprint density at radius 2 is 1.68 bits per heavy atom. The Morgan fingerprint density at radius 3 is 2.36 bits per heavy atom. The van der Waals surface area contributed by atoms with Gasteiger partial charge in [-0.3, -0.25) is 4.72 Å². The van der Waals surface area contributed by atoms with Crippen LogP contribution in [0.15, 0.2) is 41.3 Å². The Hall–Kier alpha value is -1.54. The number of sulfonamides is 1. The molecule has 0 saturated carbocycles. The highest BCUT2D eigenvalue weighted by Gasteiger charge is 2.23. The van der Waals surface area contributed by atoms with Crippen LogP contribution in [-0.2, 0) is 14.8 Å². The minimum Gasteiger partial charge on any atom is -0.378 e. The van der Waals surface area contributed by atoms with Crippen molar-refractivity contribution in [3.8, 4) is 0 Å². The number of benzene rings is 2. The second-order valence-electron chi connectivity index (χ2n) is 5.44. The number of hydrogen-bond acceptors (Lipinski definition) is 4. The summed E-state index contributed by atoms with van der Waals surface area (Å²) in [5.41, 5.74) is 0.939. The topological polar surface area (TPSA) is 58.6 Å². The average molecular weight is 405 g/mol. The van der Waals surface area contributed by atoms with Crippen molar-refractivity contribution in [2.45, 2.75) is 4.90 Å². The first-order valence-corrected chi connectivity index (χ1v) is 9.71. The molecule has 1 aliphatic heterocycles. The van der Waals surface area contributed by atoms with Gasteiger partial charge in [-0.15, -0.1) is 0 Å². The second-order valence-corrected chi connectivity index (χ2v) is 7.96. The lowest BCUT2D eigenvalue weighted by atomic mass is 10.2. The lowest BCUT2D eigenvalue weighted by Gasteiger charge is -2.30. The summed E-state index contributed by atoms with van der Waals surface area (Å²) in [6.07, 6.45) is 0. The molecule has 1 saturated heterocycles. The van der Waals surface area contributed by atoms with E-state index in [4.69, 9.17) is 27.9 Å². The number of nitrogens with zero attached hydrogens (tertiary/aromatic N) is 1. The van der Waals surface area contributed by atoms with Gasteiger partial charge in [0.25, 0.3) is 10.0 Å². The van der Waals surface area contributed by atoms with Gasteiger partial charge in [0.15, 0.2) is 0 Å². The molecular weight excluding hydrogens is 390 g/mol. The Balaban J connectivity index is 1.97. The molecule has 0 radical (unpaired) electrons. The maximum absolute atomic E-state index is 14.0. The number of nitrogens with one attached hydrogen (secondary N) is 1. The maximum Gasteiger partial charge on any atom is 0.264 e. The first-order chi connectivity index (χ1) is 11.9. The van der Waals surface area contributed by atoms with E-state index in [0.717, 1.165) is 12.1 Å². The van der Waals surface area contributed by atoms with Crippen LogP contribution in [0.3, 0.4) is 0 Å². The highest BCUT2D eigenvalue weighted by Crippen LogP contribution is 2.32. The molecule has 0 atom stereocenters. The quantitative estimate of drug-likeness (QED) is 0.842.